The normalized spacial score (nSPS) is 19.5. The van der Waals surface area contributed by atoms with Crippen LogP contribution < -0.4 is 9.47 Å². The number of hydrogen-bond acceptors (Lipinski definition) is 4. The summed E-state index contributed by atoms with van der Waals surface area (Å²) in [5, 5.41) is 0. The number of Topliss-reactive ketones (excluding diaryl/α,β-unsaturated/α-hetero) is 1. The van der Waals surface area contributed by atoms with E-state index in [2.05, 4.69) is 45.1 Å². The molecule has 2 aliphatic heterocycles. The van der Waals surface area contributed by atoms with Crippen molar-refractivity contribution in [2.24, 2.45) is 0 Å². The molecule has 26 heavy (non-hydrogen) atoms. The highest BCUT2D eigenvalue weighted by molar-refractivity contribution is 9.10. The predicted octanol–water partition coefficient (Wildman–Crippen LogP) is 4.28. The molecular formula is C21H22BrNO3. The van der Waals surface area contributed by atoms with Crippen LogP contribution in [0.15, 0.2) is 46.9 Å². The molecule has 4 nitrogen and oxygen atoms in total. The molecule has 2 aliphatic rings. The summed E-state index contributed by atoms with van der Waals surface area (Å²) in [5.74, 6) is 2.13. The molecule has 2 aromatic rings. The van der Waals surface area contributed by atoms with Gasteiger partial charge < -0.3 is 14.4 Å². The van der Waals surface area contributed by atoms with Crippen molar-refractivity contribution in [3.8, 4) is 11.5 Å². The van der Waals surface area contributed by atoms with Crippen molar-refractivity contribution >= 4 is 21.7 Å². The zero-order valence-corrected chi connectivity index (χ0v) is 16.2. The van der Waals surface area contributed by atoms with E-state index in [0.717, 1.165) is 36.3 Å². The standard InChI is InChI=1S/C21H22BrNO3/c22-18-4-1-15(2-5-18)17-7-9-23(14-17)10-8-19(24)16-3-6-20-21(13-16)26-12-11-25-20/h1-6,13,17H,7-12,14H2. The van der Waals surface area contributed by atoms with Crippen LogP contribution >= 0.6 is 15.9 Å². The summed E-state index contributed by atoms with van der Waals surface area (Å²) in [7, 11) is 0. The number of benzene rings is 2. The highest BCUT2D eigenvalue weighted by atomic mass is 79.9. The Kier molecular flexibility index (Phi) is 5.27. The van der Waals surface area contributed by atoms with Gasteiger partial charge in [0, 0.05) is 29.5 Å². The first-order chi connectivity index (χ1) is 12.7. The fourth-order valence-corrected chi connectivity index (χ4v) is 3.93. The number of fused-ring (bicyclic) bond motifs is 1. The molecule has 0 amide bonds. The monoisotopic (exact) mass is 415 g/mol. The number of carbonyl (C=O) groups excluding carboxylic acids is 1. The molecule has 1 saturated heterocycles. The maximum absolute atomic E-state index is 12.5. The molecule has 0 aliphatic carbocycles. The zero-order chi connectivity index (χ0) is 17.9. The number of halogens is 1. The van der Waals surface area contributed by atoms with Crippen molar-refractivity contribution in [2.75, 3.05) is 32.8 Å². The minimum Gasteiger partial charge on any atom is -0.486 e. The van der Waals surface area contributed by atoms with Crippen LogP contribution in [0.1, 0.15) is 34.7 Å². The highest BCUT2D eigenvalue weighted by Gasteiger charge is 2.24. The molecule has 5 heteroatoms. The molecule has 0 radical (unpaired) electrons. The van der Waals surface area contributed by atoms with Crippen LogP contribution in [0.5, 0.6) is 11.5 Å². The van der Waals surface area contributed by atoms with Crippen molar-refractivity contribution in [2.45, 2.75) is 18.8 Å². The van der Waals surface area contributed by atoms with E-state index in [1.54, 1.807) is 0 Å². The summed E-state index contributed by atoms with van der Waals surface area (Å²) in [4.78, 5) is 14.9. The summed E-state index contributed by atoms with van der Waals surface area (Å²) >= 11 is 3.49. The molecule has 1 unspecified atom stereocenters. The molecule has 4 rings (SSSR count). The molecule has 0 bridgehead atoms. The Labute approximate surface area is 162 Å². The van der Waals surface area contributed by atoms with Crippen LogP contribution in [-0.2, 0) is 0 Å². The van der Waals surface area contributed by atoms with E-state index in [1.807, 2.05) is 18.2 Å². The van der Waals surface area contributed by atoms with E-state index in [9.17, 15) is 4.79 Å². The van der Waals surface area contributed by atoms with Gasteiger partial charge in [0.05, 0.1) is 0 Å². The van der Waals surface area contributed by atoms with Gasteiger partial charge >= 0.3 is 0 Å². The average Bonchev–Trinajstić information content (AvgIpc) is 3.15. The molecule has 0 saturated carbocycles. The first-order valence-electron chi connectivity index (χ1n) is 9.10. The smallest absolute Gasteiger partial charge is 0.164 e. The van der Waals surface area contributed by atoms with E-state index in [1.165, 1.54) is 5.56 Å². The minimum absolute atomic E-state index is 0.161. The second-order valence-corrected chi connectivity index (χ2v) is 7.79. The van der Waals surface area contributed by atoms with Crippen molar-refractivity contribution in [3.63, 3.8) is 0 Å². The van der Waals surface area contributed by atoms with Crippen LogP contribution in [0.4, 0.5) is 0 Å². The molecule has 0 N–H and O–H groups in total. The van der Waals surface area contributed by atoms with Gasteiger partial charge in [0.15, 0.2) is 17.3 Å². The Balaban J connectivity index is 1.31. The van der Waals surface area contributed by atoms with Crippen LogP contribution in [-0.4, -0.2) is 43.5 Å². The van der Waals surface area contributed by atoms with Gasteiger partial charge in [0.2, 0.25) is 0 Å². The lowest BCUT2D eigenvalue weighted by molar-refractivity contribution is 0.0967. The lowest BCUT2D eigenvalue weighted by atomic mass is 9.99. The van der Waals surface area contributed by atoms with Gasteiger partial charge in [-0.3, -0.25) is 4.79 Å². The van der Waals surface area contributed by atoms with Crippen molar-refractivity contribution in [1.82, 2.24) is 4.90 Å². The number of hydrogen-bond donors (Lipinski definition) is 0. The third-order valence-electron chi connectivity index (χ3n) is 5.13. The number of ketones is 1. The fourth-order valence-electron chi connectivity index (χ4n) is 3.66. The molecule has 0 spiro atoms. The zero-order valence-electron chi connectivity index (χ0n) is 14.6. The average molecular weight is 416 g/mol. The third kappa shape index (κ3) is 3.94. The van der Waals surface area contributed by atoms with Crippen LogP contribution in [0.3, 0.4) is 0 Å². The largest absolute Gasteiger partial charge is 0.486 e. The summed E-state index contributed by atoms with van der Waals surface area (Å²) in [6, 6.07) is 14.1. The summed E-state index contributed by atoms with van der Waals surface area (Å²) < 4.78 is 12.2. The first kappa shape index (κ1) is 17.6. The topological polar surface area (TPSA) is 38.8 Å². The lowest BCUT2D eigenvalue weighted by Crippen LogP contribution is -2.23. The van der Waals surface area contributed by atoms with Crippen molar-refractivity contribution < 1.29 is 14.3 Å². The first-order valence-corrected chi connectivity index (χ1v) is 9.89. The van der Waals surface area contributed by atoms with Gasteiger partial charge in [-0.05, 0) is 54.8 Å². The molecule has 136 valence electrons. The van der Waals surface area contributed by atoms with Crippen molar-refractivity contribution in [3.05, 3.63) is 58.1 Å². The molecule has 2 aromatic carbocycles. The molecule has 0 aromatic heterocycles. The number of nitrogens with zero attached hydrogens (tertiary/aromatic N) is 1. The summed E-state index contributed by atoms with van der Waals surface area (Å²) in [6.45, 7) is 3.98. The maximum atomic E-state index is 12.5. The van der Waals surface area contributed by atoms with Gasteiger partial charge in [-0.2, -0.15) is 0 Å². The lowest BCUT2D eigenvalue weighted by Gasteiger charge is -2.19. The van der Waals surface area contributed by atoms with Crippen molar-refractivity contribution in [1.29, 1.82) is 0 Å². The molecule has 1 fully saturated rings. The van der Waals surface area contributed by atoms with Gasteiger partial charge in [0.25, 0.3) is 0 Å². The van der Waals surface area contributed by atoms with E-state index in [0.29, 0.717) is 36.9 Å². The highest BCUT2D eigenvalue weighted by Crippen LogP contribution is 2.31. The Morgan fingerprint density at radius 2 is 1.85 bits per heavy atom. The van der Waals surface area contributed by atoms with E-state index in [-0.39, 0.29) is 5.78 Å². The number of likely N-dealkylation sites (tertiary alicyclic amines) is 1. The Morgan fingerprint density at radius 3 is 2.65 bits per heavy atom. The van der Waals surface area contributed by atoms with Gasteiger partial charge in [-0.15, -0.1) is 0 Å². The predicted molar refractivity (Wildman–Crippen MR) is 104 cm³/mol. The van der Waals surface area contributed by atoms with Gasteiger partial charge in [-0.25, -0.2) is 0 Å². The van der Waals surface area contributed by atoms with E-state index < -0.39 is 0 Å². The Morgan fingerprint density at radius 1 is 1.08 bits per heavy atom. The van der Waals surface area contributed by atoms with E-state index >= 15 is 0 Å². The van der Waals surface area contributed by atoms with Gasteiger partial charge in [-0.1, -0.05) is 28.1 Å². The Bertz CT molecular complexity index is 790. The Hall–Kier alpha value is -1.85. The molecule has 1 atom stereocenters. The molecular weight excluding hydrogens is 394 g/mol. The van der Waals surface area contributed by atoms with Crippen LogP contribution in [0.25, 0.3) is 0 Å². The molecule has 2 heterocycles. The SMILES string of the molecule is O=C(CCN1CCC(c2ccc(Br)cc2)C1)c1ccc2c(c1)OCCO2. The summed E-state index contributed by atoms with van der Waals surface area (Å²) in [5.41, 5.74) is 2.09. The maximum Gasteiger partial charge on any atom is 0.164 e. The number of rotatable bonds is 5. The van der Waals surface area contributed by atoms with Crippen LogP contribution in [0.2, 0.25) is 0 Å². The van der Waals surface area contributed by atoms with Crippen LogP contribution in [0, 0.1) is 0 Å². The van der Waals surface area contributed by atoms with E-state index in [4.69, 9.17) is 9.47 Å². The number of carbonyl (C=O) groups is 1. The van der Waals surface area contributed by atoms with Gasteiger partial charge in [0.1, 0.15) is 13.2 Å². The second kappa shape index (κ2) is 7.80. The quantitative estimate of drug-likeness (QED) is 0.682. The summed E-state index contributed by atoms with van der Waals surface area (Å²) in [6.07, 6.45) is 1.69. The minimum atomic E-state index is 0.161. The fraction of sp³-hybridized carbons (Fsp3) is 0.381. The third-order valence-corrected chi connectivity index (χ3v) is 5.66. The number of ether oxygens (including phenoxy) is 2. The second-order valence-electron chi connectivity index (χ2n) is 6.87.